The van der Waals surface area contributed by atoms with E-state index in [1.54, 1.807) is 11.8 Å². The first kappa shape index (κ1) is 16.6. The molecular formula is C17H26N2O3. The number of aryl methyl sites for hydroxylation is 1. The van der Waals surface area contributed by atoms with Gasteiger partial charge in [-0.25, -0.2) is 4.79 Å². The molecular weight excluding hydrogens is 280 g/mol. The van der Waals surface area contributed by atoms with Gasteiger partial charge in [-0.05, 0) is 38.8 Å². The predicted molar refractivity (Wildman–Crippen MR) is 86.0 cm³/mol. The number of aliphatic hydroxyl groups excluding tert-OH is 1. The quantitative estimate of drug-likeness (QED) is 0.876. The number of amides is 2. The van der Waals surface area contributed by atoms with E-state index in [2.05, 4.69) is 5.32 Å². The summed E-state index contributed by atoms with van der Waals surface area (Å²) in [4.78, 5) is 13.9. The average molecular weight is 306 g/mol. The first-order chi connectivity index (χ1) is 10.5. The topological polar surface area (TPSA) is 61.8 Å². The monoisotopic (exact) mass is 306 g/mol. The van der Waals surface area contributed by atoms with Gasteiger partial charge in [0.25, 0.3) is 0 Å². The van der Waals surface area contributed by atoms with Crippen molar-refractivity contribution >= 4 is 6.03 Å². The number of rotatable bonds is 5. The zero-order valence-electron chi connectivity index (χ0n) is 13.6. The van der Waals surface area contributed by atoms with Crippen LogP contribution in [0, 0.1) is 12.8 Å². The molecule has 0 unspecified atom stereocenters. The van der Waals surface area contributed by atoms with Crippen molar-refractivity contribution in [1.29, 1.82) is 0 Å². The van der Waals surface area contributed by atoms with Crippen LogP contribution in [0.25, 0.3) is 0 Å². The van der Waals surface area contributed by atoms with Crippen LogP contribution in [0.2, 0.25) is 0 Å². The highest BCUT2D eigenvalue weighted by Crippen LogP contribution is 2.20. The van der Waals surface area contributed by atoms with Crippen molar-refractivity contribution < 1.29 is 14.6 Å². The minimum Gasteiger partial charge on any atom is -0.491 e. The van der Waals surface area contributed by atoms with E-state index in [0.29, 0.717) is 19.7 Å². The van der Waals surface area contributed by atoms with E-state index in [4.69, 9.17) is 4.74 Å². The molecule has 1 aliphatic rings. The van der Waals surface area contributed by atoms with Gasteiger partial charge >= 0.3 is 6.03 Å². The summed E-state index contributed by atoms with van der Waals surface area (Å²) in [5.41, 5.74) is 1.08. The van der Waals surface area contributed by atoms with Gasteiger partial charge in [0.2, 0.25) is 0 Å². The number of carbonyl (C=O) groups is 1. The Kier molecular flexibility index (Phi) is 5.66. The van der Waals surface area contributed by atoms with Crippen LogP contribution >= 0.6 is 0 Å². The molecule has 1 fully saturated rings. The Balaban J connectivity index is 1.76. The van der Waals surface area contributed by atoms with E-state index < -0.39 is 0 Å². The van der Waals surface area contributed by atoms with Crippen molar-refractivity contribution in [2.45, 2.75) is 39.3 Å². The lowest BCUT2D eigenvalue weighted by atomic mass is 10.0. The maximum absolute atomic E-state index is 12.2. The average Bonchev–Trinajstić information content (AvgIpc) is 2.96. The Morgan fingerprint density at radius 1 is 1.45 bits per heavy atom. The molecule has 3 atom stereocenters. The summed E-state index contributed by atoms with van der Waals surface area (Å²) in [6.45, 7) is 7.47. The van der Waals surface area contributed by atoms with Crippen molar-refractivity contribution in [3.63, 3.8) is 0 Å². The molecule has 22 heavy (non-hydrogen) atoms. The van der Waals surface area contributed by atoms with Crippen LogP contribution in [-0.2, 0) is 0 Å². The molecule has 0 aliphatic carbocycles. The third-order valence-electron chi connectivity index (χ3n) is 4.15. The lowest BCUT2D eigenvalue weighted by Gasteiger charge is -2.22. The zero-order valence-corrected chi connectivity index (χ0v) is 13.6. The molecule has 0 aromatic heterocycles. The Hall–Kier alpha value is -1.75. The van der Waals surface area contributed by atoms with E-state index in [9.17, 15) is 9.90 Å². The van der Waals surface area contributed by atoms with Gasteiger partial charge in [0.1, 0.15) is 12.4 Å². The van der Waals surface area contributed by atoms with Gasteiger partial charge in [-0.2, -0.15) is 0 Å². The van der Waals surface area contributed by atoms with Crippen LogP contribution < -0.4 is 10.1 Å². The largest absolute Gasteiger partial charge is 0.491 e. The SMILES string of the molecule is Cc1ccccc1OC[C@H](C)NC(=O)N1CC[C@@H]([C@@H](C)O)C1. The third-order valence-corrected chi connectivity index (χ3v) is 4.15. The van der Waals surface area contributed by atoms with E-state index in [1.165, 1.54) is 0 Å². The first-order valence-corrected chi connectivity index (χ1v) is 7.89. The molecule has 2 rings (SSSR count). The lowest BCUT2D eigenvalue weighted by molar-refractivity contribution is 0.128. The fraction of sp³-hybridized carbons (Fsp3) is 0.588. The minimum absolute atomic E-state index is 0.0716. The standard InChI is InChI=1S/C17H26N2O3/c1-12-6-4-5-7-16(12)22-11-13(2)18-17(21)19-9-8-15(10-19)14(3)20/h4-7,13-15,20H,8-11H2,1-3H3,(H,18,21)/t13-,14+,15+/m0/s1. The van der Waals surface area contributed by atoms with E-state index in [0.717, 1.165) is 17.7 Å². The van der Waals surface area contributed by atoms with Crippen LogP contribution in [0.3, 0.4) is 0 Å². The molecule has 1 heterocycles. The maximum atomic E-state index is 12.2. The van der Waals surface area contributed by atoms with Gasteiger partial charge in [0, 0.05) is 19.0 Å². The second kappa shape index (κ2) is 7.49. The van der Waals surface area contributed by atoms with Crippen molar-refractivity contribution in [2.75, 3.05) is 19.7 Å². The molecule has 1 aliphatic heterocycles. The summed E-state index contributed by atoms with van der Waals surface area (Å²) in [6, 6.07) is 7.68. The molecule has 1 aromatic rings. The van der Waals surface area contributed by atoms with E-state index in [1.807, 2.05) is 38.1 Å². The number of ether oxygens (including phenoxy) is 1. The fourth-order valence-electron chi connectivity index (χ4n) is 2.64. The van der Waals surface area contributed by atoms with Crippen LogP contribution in [-0.4, -0.2) is 47.9 Å². The second-order valence-corrected chi connectivity index (χ2v) is 6.16. The number of nitrogens with zero attached hydrogens (tertiary/aromatic N) is 1. The molecule has 5 nitrogen and oxygen atoms in total. The Morgan fingerprint density at radius 2 is 2.18 bits per heavy atom. The number of carbonyl (C=O) groups excluding carboxylic acids is 1. The Labute approximate surface area is 132 Å². The first-order valence-electron chi connectivity index (χ1n) is 7.89. The molecule has 0 radical (unpaired) electrons. The molecule has 5 heteroatoms. The smallest absolute Gasteiger partial charge is 0.317 e. The lowest BCUT2D eigenvalue weighted by Crippen LogP contribution is -2.45. The summed E-state index contributed by atoms with van der Waals surface area (Å²) in [5.74, 6) is 1.03. The number of para-hydroxylation sites is 1. The van der Waals surface area contributed by atoms with Gasteiger partial charge in [0.15, 0.2) is 0 Å². The number of aliphatic hydroxyl groups is 1. The minimum atomic E-state index is -0.361. The fourth-order valence-corrected chi connectivity index (χ4v) is 2.64. The Bertz CT molecular complexity index is 504. The molecule has 122 valence electrons. The number of benzene rings is 1. The van der Waals surface area contributed by atoms with Gasteiger partial charge < -0.3 is 20.1 Å². The van der Waals surface area contributed by atoms with Crippen LogP contribution in [0.5, 0.6) is 5.75 Å². The van der Waals surface area contributed by atoms with Crippen LogP contribution in [0.4, 0.5) is 4.79 Å². The Morgan fingerprint density at radius 3 is 2.82 bits per heavy atom. The molecule has 0 spiro atoms. The van der Waals surface area contributed by atoms with Gasteiger partial charge in [0.05, 0.1) is 12.1 Å². The van der Waals surface area contributed by atoms with Crippen molar-refractivity contribution in [2.24, 2.45) is 5.92 Å². The van der Waals surface area contributed by atoms with Crippen molar-refractivity contribution in [3.8, 4) is 5.75 Å². The summed E-state index contributed by atoms with van der Waals surface area (Å²) in [6.07, 6.45) is 0.499. The predicted octanol–water partition coefficient (Wildman–Crippen LogP) is 2.17. The molecule has 2 N–H and O–H groups in total. The van der Waals surface area contributed by atoms with Gasteiger partial charge in [-0.15, -0.1) is 0 Å². The third kappa shape index (κ3) is 4.37. The van der Waals surface area contributed by atoms with Crippen LogP contribution in [0.15, 0.2) is 24.3 Å². The number of hydrogen-bond donors (Lipinski definition) is 2. The molecule has 1 aromatic carbocycles. The summed E-state index contributed by atoms with van der Waals surface area (Å²) in [7, 11) is 0. The highest BCUT2D eigenvalue weighted by molar-refractivity contribution is 5.74. The normalized spacial score (nSPS) is 20.5. The van der Waals surface area contributed by atoms with Crippen LogP contribution in [0.1, 0.15) is 25.8 Å². The summed E-state index contributed by atoms with van der Waals surface area (Å²) in [5, 5.41) is 12.5. The molecule has 0 bridgehead atoms. The number of nitrogens with one attached hydrogen (secondary N) is 1. The van der Waals surface area contributed by atoms with E-state index in [-0.39, 0.29) is 24.1 Å². The van der Waals surface area contributed by atoms with E-state index >= 15 is 0 Å². The highest BCUT2D eigenvalue weighted by atomic mass is 16.5. The van der Waals surface area contributed by atoms with Gasteiger partial charge in [-0.1, -0.05) is 18.2 Å². The van der Waals surface area contributed by atoms with Gasteiger partial charge in [-0.3, -0.25) is 0 Å². The number of hydrogen-bond acceptors (Lipinski definition) is 3. The zero-order chi connectivity index (χ0) is 16.1. The van der Waals surface area contributed by atoms with Crippen molar-refractivity contribution in [3.05, 3.63) is 29.8 Å². The molecule has 0 saturated carbocycles. The second-order valence-electron chi connectivity index (χ2n) is 6.16. The molecule has 1 saturated heterocycles. The number of likely N-dealkylation sites (tertiary alicyclic amines) is 1. The highest BCUT2D eigenvalue weighted by Gasteiger charge is 2.29. The molecule has 2 amide bonds. The van der Waals surface area contributed by atoms with Crippen molar-refractivity contribution in [1.82, 2.24) is 10.2 Å². The maximum Gasteiger partial charge on any atom is 0.317 e. The summed E-state index contributed by atoms with van der Waals surface area (Å²) >= 11 is 0. The summed E-state index contributed by atoms with van der Waals surface area (Å²) < 4.78 is 5.75. The number of urea groups is 1.